The zero-order chi connectivity index (χ0) is 19.4. The van der Waals surface area contributed by atoms with Gasteiger partial charge >= 0.3 is 0 Å². The molecular formula is C24H20N4O. The number of hydrogen-bond acceptors (Lipinski definition) is 3. The zero-order valence-electron chi connectivity index (χ0n) is 15.8. The average molecular weight is 380 g/mol. The van der Waals surface area contributed by atoms with E-state index in [1.54, 1.807) is 0 Å². The SMILES string of the molecule is O=C1c2ccccc2NC(c2ccc(-n3cnc4ccccc43)cc2)N1C1CC1. The van der Waals surface area contributed by atoms with Crippen molar-refractivity contribution in [3.63, 3.8) is 0 Å². The molecule has 1 aromatic heterocycles. The lowest BCUT2D eigenvalue weighted by molar-refractivity contribution is 0.0666. The Morgan fingerprint density at radius 3 is 2.48 bits per heavy atom. The molecule has 5 heteroatoms. The van der Waals surface area contributed by atoms with Gasteiger partial charge in [-0.15, -0.1) is 0 Å². The van der Waals surface area contributed by atoms with Crippen molar-refractivity contribution in [3.8, 4) is 5.69 Å². The summed E-state index contributed by atoms with van der Waals surface area (Å²) in [6, 6.07) is 24.6. The number of amides is 1. The van der Waals surface area contributed by atoms with Gasteiger partial charge in [-0.2, -0.15) is 0 Å². The summed E-state index contributed by atoms with van der Waals surface area (Å²) in [5, 5.41) is 3.58. The standard InChI is InChI=1S/C24H20N4O/c29-24-19-5-1-2-6-20(19)26-23(28(24)18-13-14-18)16-9-11-17(12-10-16)27-15-25-21-7-3-4-8-22(21)27/h1-12,15,18,23,26H,13-14H2. The average Bonchev–Trinajstić information content (AvgIpc) is 3.51. The van der Waals surface area contributed by atoms with Gasteiger partial charge in [-0.05, 0) is 54.8 Å². The summed E-state index contributed by atoms with van der Waals surface area (Å²) in [4.78, 5) is 19.7. The van der Waals surface area contributed by atoms with Crippen LogP contribution in [-0.4, -0.2) is 26.4 Å². The van der Waals surface area contributed by atoms with Crippen LogP contribution in [0.5, 0.6) is 0 Å². The number of imidazole rings is 1. The fourth-order valence-corrected chi connectivity index (χ4v) is 4.22. The van der Waals surface area contributed by atoms with Crippen LogP contribution in [0.15, 0.2) is 79.1 Å². The molecule has 1 saturated carbocycles. The molecule has 0 saturated heterocycles. The van der Waals surface area contributed by atoms with Crippen molar-refractivity contribution in [1.29, 1.82) is 0 Å². The Bertz CT molecular complexity index is 1220. The highest BCUT2D eigenvalue weighted by Crippen LogP contribution is 2.40. The first kappa shape index (κ1) is 16.4. The number of anilines is 1. The summed E-state index contributed by atoms with van der Waals surface area (Å²) < 4.78 is 2.09. The van der Waals surface area contributed by atoms with E-state index in [9.17, 15) is 4.79 Å². The minimum Gasteiger partial charge on any atom is -0.361 e. The van der Waals surface area contributed by atoms with Crippen LogP contribution in [0.2, 0.25) is 0 Å². The third-order valence-corrected chi connectivity index (χ3v) is 5.84. The second-order valence-corrected chi connectivity index (χ2v) is 7.73. The molecule has 1 unspecified atom stereocenters. The Hall–Kier alpha value is -3.60. The Labute approximate surface area is 168 Å². The number of nitrogens with zero attached hydrogens (tertiary/aromatic N) is 3. The number of aromatic nitrogens is 2. The lowest BCUT2D eigenvalue weighted by Gasteiger charge is -2.38. The summed E-state index contributed by atoms with van der Waals surface area (Å²) in [6.45, 7) is 0. The van der Waals surface area contributed by atoms with Crippen molar-refractivity contribution in [2.75, 3.05) is 5.32 Å². The lowest BCUT2D eigenvalue weighted by atomic mass is 10.0. The molecule has 0 radical (unpaired) electrons. The van der Waals surface area contributed by atoms with E-state index in [-0.39, 0.29) is 12.1 Å². The summed E-state index contributed by atoms with van der Waals surface area (Å²) in [7, 11) is 0. The third kappa shape index (κ3) is 2.62. The zero-order valence-corrected chi connectivity index (χ0v) is 15.8. The second kappa shape index (κ2) is 6.21. The van der Waals surface area contributed by atoms with Gasteiger partial charge in [-0.1, -0.05) is 36.4 Å². The van der Waals surface area contributed by atoms with E-state index in [4.69, 9.17) is 0 Å². The van der Waals surface area contributed by atoms with E-state index in [2.05, 4.69) is 45.2 Å². The highest BCUT2D eigenvalue weighted by Gasteiger charge is 2.41. The fraction of sp³-hybridized carbons (Fsp3) is 0.167. The molecule has 2 heterocycles. The molecule has 0 bridgehead atoms. The van der Waals surface area contributed by atoms with Crippen LogP contribution in [0.4, 0.5) is 5.69 Å². The van der Waals surface area contributed by atoms with Gasteiger partial charge in [0.25, 0.3) is 5.91 Å². The highest BCUT2D eigenvalue weighted by atomic mass is 16.2. The molecule has 1 amide bonds. The van der Waals surface area contributed by atoms with Crippen LogP contribution in [0, 0.1) is 0 Å². The molecule has 1 fully saturated rings. The molecule has 5 nitrogen and oxygen atoms in total. The summed E-state index contributed by atoms with van der Waals surface area (Å²) in [5.74, 6) is 0.122. The number of nitrogens with one attached hydrogen (secondary N) is 1. The number of carbonyl (C=O) groups is 1. The topological polar surface area (TPSA) is 50.2 Å². The molecule has 2 aliphatic rings. The maximum atomic E-state index is 13.2. The van der Waals surface area contributed by atoms with E-state index in [1.165, 1.54) is 0 Å². The maximum Gasteiger partial charge on any atom is 0.258 e. The van der Waals surface area contributed by atoms with Gasteiger partial charge in [0.05, 0.1) is 16.6 Å². The highest BCUT2D eigenvalue weighted by molar-refractivity contribution is 6.02. The Morgan fingerprint density at radius 1 is 0.897 bits per heavy atom. The molecule has 4 aromatic rings. The van der Waals surface area contributed by atoms with Crippen molar-refractivity contribution in [3.05, 3.63) is 90.3 Å². The number of benzene rings is 3. The monoisotopic (exact) mass is 380 g/mol. The quantitative estimate of drug-likeness (QED) is 0.558. The first-order valence-electron chi connectivity index (χ1n) is 10.0. The van der Waals surface area contributed by atoms with E-state index in [0.717, 1.165) is 46.4 Å². The van der Waals surface area contributed by atoms with Crippen molar-refractivity contribution >= 4 is 22.6 Å². The van der Waals surface area contributed by atoms with Crippen molar-refractivity contribution in [2.24, 2.45) is 0 Å². The summed E-state index contributed by atoms with van der Waals surface area (Å²) in [5.41, 5.74) is 5.88. The molecule has 1 atom stereocenters. The minimum absolute atomic E-state index is 0.122. The first-order chi connectivity index (χ1) is 14.3. The van der Waals surface area contributed by atoms with Gasteiger partial charge in [0.2, 0.25) is 0 Å². The van der Waals surface area contributed by atoms with Gasteiger partial charge in [0, 0.05) is 17.4 Å². The smallest absolute Gasteiger partial charge is 0.258 e. The maximum absolute atomic E-state index is 13.2. The summed E-state index contributed by atoms with van der Waals surface area (Å²) in [6.07, 6.45) is 3.86. The largest absolute Gasteiger partial charge is 0.361 e. The summed E-state index contributed by atoms with van der Waals surface area (Å²) >= 11 is 0. The third-order valence-electron chi connectivity index (χ3n) is 5.84. The number of rotatable bonds is 3. The van der Waals surface area contributed by atoms with Crippen LogP contribution in [0.25, 0.3) is 16.7 Å². The van der Waals surface area contributed by atoms with Crippen LogP contribution in [0.1, 0.15) is 34.9 Å². The molecule has 29 heavy (non-hydrogen) atoms. The normalized spacial score (nSPS) is 18.6. The molecular weight excluding hydrogens is 360 g/mol. The van der Waals surface area contributed by atoms with Gasteiger partial charge in [0.15, 0.2) is 0 Å². The molecule has 1 aliphatic carbocycles. The Balaban J connectivity index is 1.38. The number of carbonyl (C=O) groups excluding carboxylic acids is 1. The molecule has 0 spiro atoms. The Kier molecular flexibility index (Phi) is 3.50. The van der Waals surface area contributed by atoms with Crippen LogP contribution >= 0.6 is 0 Å². The number of para-hydroxylation sites is 3. The Morgan fingerprint density at radius 2 is 1.66 bits per heavy atom. The second-order valence-electron chi connectivity index (χ2n) is 7.73. The van der Waals surface area contributed by atoms with Crippen LogP contribution in [-0.2, 0) is 0 Å². The minimum atomic E-state index is -0.140. The van der Waals surface area contributed by atoms with Gasteiger partial charge in [-0.3, -0.25) is 9.36 Å². The molecule has 6 rings (SSSR count). The van der Waals surface area contributed by atoms with E-state index in [0.29, 0.717) is 6.04 Å². The molecule has 142 valence electrons. The van der Waals surface area contributed by atoms with Gasteiger partial charge in [0.1, 0.15) is 12.5 Å². The number of fused-ring (bicyclic) bond motifs is 2. The molecule has 3 aromatic carbocycles. The molecule has 1 aliphatic heterocycles. The van der Waals surface area contributed by atoms with Gasteiger partial charge < -0.3 is 10.2 Å². The van der Waals surface area contributed by atoms with E-state index in [1.807, 2.05) is 53.7 Å². The first-order valence-corrected chi connectivity index (χ1v) is 10.0. The van der Waals surface area contributed by atoms with Crippen molar-refractivity contribution in [1.82, 2.24) is 14.5 Å². The van der Waals surface area contributed by atoms with Crippen LogP contribution < -0.4 is 5.32 Å². The van der Waals surface area contributed by atoms with Gasteiger partial charge in [-0.25, -0.2) is 4.98 Å². The fourth-order valence-electron chi connectivity index (χ4n) is 4.22. The van der Waals surface area contributed by atoms with Crippen molar-refractivity contribution < 1.29 is 4.79 Å². The molecule has 1 N–H and O–H groups in total. The number of hydrogen-bond donors (Lipinski definition) is 1. The van der Waals surface area contributed by atoms with Crippen molar-refractivity contribution in [2.45, 2.75) is 25.0 Å². The lowest BCUT2D eigenvalue weighted by Crippen LogP contribution is -2.44. The predicted octanol–water partition coefficient (Wildman–Crippen LogP) is 4.75. The van der Waals surface area contributed by atoms with E-state index < -0.39 is 0 Å². The van der Waals surface area contributed by atoms with E-state index >= 15 is 0 Å². The predicted molar refractivity (Wildman–Crippen MR) is 113 cm³/mol. The van der Waals surface area contributed by atoms with Crippen LogP contribution in [0.3, 0.4) is 0 Å².